The molecule has 148 valence electrons. The maximum absolute atomic E-state index is 13.8. The average Bonchev–Trinajstić information content (AvgIpc) is 3.18. The molecule has 0 amide bonds. The second kappa shape index (κ2) is 6.58. The highest BCUT2D eigenvalue weighted by Gasteiger charge is 2.40. The SMILES string of the molecule is CC(C)(C)c1nc(N2CCC(F)(F)C2)c2nnn(Cc3cccnc3Cl)c2n1. The molecule has 0 unspecified atom stereocenters. The molecular weight excluding hydrogens is 388 g/mol. The summed E-state index contributed by atoms with van der Waals surface area (Å²) in [5, 5.41) is 8.76. The number of aromatic nitrogens is 6. The van der Waals surface area contributed by atoms with Crippen LogP contribution >= 0.6 is 11.6 Å². The van der Waals surface area contributed by atoms with Gasteiger partial charge < -0.3 is 4.90 Å². The molecule has 0 aliphatic carbocycles. The van der Waals surface area contributed by atoms with Gasteiger partial charge in [-0.25, -0.2) is 28.4 Å². The van der Waals surface area contributed by atoms with Crippen molar-refractivity contribution in [3.05, 3.63) is 34.9 Å². The molecular formula is C18H20ClF2N7. The summed E-state index contributed by atoms with van der Waals surface area (Å²) in [7, 11) is 0. The van der Waals surface area contributed by atoms with Crippen molar-refractivity contribution in [3.8, 4) is 0 Å². The second-order valence-electron chi connectivity index (χ2n) is 8.02. The van der Waals surface area contributed by atoms with Crippen molar-refractivity contribution in [3.63, 3.8) is 0 Å². The van der Waals surface area contributed by atoms with Crippen LogP contribution in [0.2, 0.25) is 5.15 Å². The number of pyridine rings is 1. The molecule has 0 aromatic carbocycles. The predicted molar refractivity (Wildman–Crippen MR) is 102 cm³/mol. The number of alkyl halides is 2. The minimum atomic E-state index is -2.74. The number of nitrogens with zero attached hydrogens (tertiary/aromatic N) is 7. The zero-order valence-electron chi connectivity index (χ0n) is 15.8. The maximum Gasteiger partial charge on any atom is 0.266 e. The third-order valence-corrected chi connectivity index (χ3v) is 4.98. The van der Waals surface area contributed by atoms with E-state index in [1.807, 2.05) is 26.8 Å². The normalized spacial score (nSPS) is 16.9. The van der Waals surface area contributed by atoms with Crippen molar-refractivity contribution in [1.29, 1.82) is 0 Å². The number of anilines is 1. The van der Waals surface area contributed by atoms with E-state index in [4.69, 9.17) is 11.6 Å². The monoisotopic (exact) mass is 407 g/mol. The van der Waals surface area contributed by atoms with E-state index in [9.17, 15) is 8.78 Å². The predicted octanol–water partition coefficient (Wildman–Crippen LogP) is 3.46. The van der Waals surface area contributed by atoms with E-state index >= 15 is 0 Å². The van der Waals surface area contributed by atoms with E-state index < -0.39 is 5.92 Å². The van der Waals surface area contributed by atoms with Gasteiger partial charge in [-0.05, 0) is 6.07 Å². The van der Waals surface area contributed by atoms with Crippen molar-refractivity contribution in [2.45, 2.75) is 45.1 Å². The summed E-state index contributed by atoms with van der Waals surface area (Å²) in [6.45, 7) is 6.07. The smallest absolute Gasteiger partial charge is 0.266 e. The zero-order chi connectivity index (χ0) is 20.1. The van der Waals surface area contributed by atoms with Crippen LogP contribution in [-0.4, -0.2) is 49.0 Å². The molecule has 0 bridgehead atoms. The van der Waals surface area contributed by atoms with Crippen LogP contribution in [-0.2, 0) is 12.0 Å². The highest BCUT2D eigenvalue weighted by Crippen LogP contribution is 2.34. The third-order valence-electron chi connectivity index (χ3n) is 4.64. The van der Waals surface area contributed by atoms with Crippen LogP contribution in [0.25, 0.3) is 11.2 Å². The van der Waals surface area contributed by atoms with E-state index in [0.717, 1.165) is 5.56 Å². The van der Waals surface area contributed by atoms with Gasteiger partial charge in [0, 0.05) is 30.1 Å². The fourth-order valence-corrected chi connectivity index (χ4v) is 3.30. The van der Waals surface area contributed by atoms with Gasteiger partial charge in [0.05, 0.1) is 13.1 Å². The Labute approximate surface area is 165 Å². The van der Waals surface area contributed by atoms with Crippen molar-refractivity contribution in [2.75, 3.05) is 18.0 Å². The Morgan fingerprint density at radius 3 is 2.68 bits per heavy atom. The lowest BCUT2D eigenvalue weighted by atomic mass is 9.96. The van der Waals surface area contributed by atoms with Gasteiger partial charge >= 0.3 is 0 Å². The van der Waals surface area contributed by atoms with Gasteiger partial charge in [0.1, 0.15) is 11.0 Å². The average molecular weight is 408 g/mol. The fraction of sp³-hybridized carbons (Fsp3) is 0.500. The molecule has 1 aliphatic rings. The van der Waals surface area contributed by atoms with E-state index in [-0.39, 0.29) is 24.9 Å². The maximum atomic E-state index is 13.8. The van der Waals surface area contributed by atoms with Gasteiger partial charge in [-0.1, -0.05) is 43.7 Å². The lowest BCUT2D eigenvalue weighted by Gasteiger charge is -2.22. The summed E-state index contributed by atoms with van der Waals surface area (Å²) in [4.78, 5) is 14.9. The summed E-state index contributed by atoms with van der Waals surface area (Å²) in [5.74, 6) is -1.79. The lowest BCUT2D eigenvalue weighted by Crippen LogP contribution is -2.27. The highest BCUT2D eigenvalue weighted by molar-refractivity contribution is 6.30. The number of halogens is 3. The molecule has 0 atom stereocenters. The Morgan fingerprint density at radius 2 is 2.04 bits per heavy atom. The molecule has 4 rings (SSSR count). The minimum Gasteiger partial charge on any atom is -0.348 e. The van der Waals surface area contributed by atoms with E-state index in [0.29, 0.717) is 34.5 Å². The van der Waals surface area contributed by atoms with Gasteiger partial charge in [-0.2, -0.15) is 0 Å². The highest BCUT2D eigenvalue weighted by atomic mass is 35.5. The van der Waals surface area contributed by atoms with Gasteiger partial charge in [0.15, 0.2) is 17.0 Å². The molecule has 0 radical (unpaired) electrons. The van der Waals surface area contributed by atoms with E-state index in [1.165, 1.54) is 0 Å². The molecule has 1 fully saturated rings. The Kier molecular flexibility index (Phi) is 4.45. The van der Waals surface area contributed by atoms with Crippen molar-refractivity contribution in [1.82, 2.24) is 29.9 Å². The first kappa shape index (κ1) is 18.9. The largest absolute Gasteiger partial charge is 0.348 e. The summed E-state index contributed by atoms with van der Waals surface area (Å²) >= 11 is 6.17. The molecule has 0 spiro atoms. The first-order valence-corrected chi connectivity index (χ1v) is 9.36. The Morgan fingerprint density at radius 1 is 1.25 bits per heavy atom. The van der Waals surface area contributed by atoms with E-state index in [2.05, 4.69) is 25.3 Å². The molecule has 3 aromatic heterocycles. The fourth-order valence-electron chi connectivity index (χ4n) is 3.12. The minimum absolute atomic E-state index is 0.206. The molecule has 0 N–H and O–H groups in total. The first-order chi connectivity index (χ1) is 13.1. The zero-order valence-corrected chi connectivity index (χ0v) is 16.6. The molecule has 28 heavy (non-hydrogen) atoms. The van der Waals surface area contributed by atoms with E-state index in [1.54, 1.807) is 21.8 Å². The quantitative estimate of drug-likeness (QED) is 0.619. The molecule has 3 aromatic rings. The van der Waals surface area contributed by atoms with Gasteiger partial charge in [-0.15, -0.1) is 5.10 Å². The standard InChI is InChI=1S/C18H20ClF2N7/c1-17(2,3)16-23-14(27-8-6-18(20,21)10-27)12-15(24-16)28(26-25-12)9-11-5-4-7-22-13(11)19/h4-5,7H,6,8-10H2,1-3H3. The van der Waals surface area contributed by atoms with Crippen LogP contribution < -0.4 is 4.90 Å². The summed E-state index contributed by atoms with van der Waals surface area (Å²) in [6.07, 6.45) is 1.40. The number of rotatable bonds is 3. The topological polar surface area (TPSA) is 72.6 Å². The van der Waals surface area contributed by atoms with Crippen molar-refractivity contribution < 1.29 is 8.78 Å². The van der Waals surface area contributed by atoms with Crippen molar-refractivity contribution >= 4 is 28.6 Å². The molecule has 1 aliphatic heterocycles. The summed E-state index contributed by atoms with van der Waals surface area (Å²) in [5.41, 5.74) is 1.29. The summed E-state index contributed by atoms with van der Waals surface area (Å²) < 4.78 is 29.2. The van der Waals surface area contributed by atoms with Crippen LogP contribution in [0.3, 0.4) is 0 Å². The molecule has 7 nitrogen and oxygen atoms in total. The Bertz CT molecular complexity index is 1030. The summed E-state index contributed by atoms with van der Waals surface area (Å²) in [6, 6.07) is 3.63. The van der Waals surface area contributed by atoms with Crippen LogP contribution in [0.5, 0.6) is 0 Å². The van der Waals surface area contributed by atoms with Crippen LogP contribution in [0.1, 0.15) is 38.6 Å². The number of hydrogen-bond donors (Lipinski definition) is 0. The molecule has 1 saturated heterocycles. The number of hydrogen-bond acceptors (Lipinski definition) is 6. The van der Waals surface area contributed by atoms with Gasteiger partial charge in [0.25, 0.3) is 5.92 Å². The Balaban J connectivity index is 1.84. The number of fused-ring (bicyclic) bond motifs is 1. The molecule has 0 saturated carbocycles. The van der Waals surface area contributed by atoms with Crippen LogP contribution in [0.4, 0.5) is 14.6 Å². The molecule has 4 heterocycles. The van der Waals surface area contributed by atoms with Gasteiger partial charge in [-0.3, -0.25) is 0 Å². The first-order valence-electron chi connectivity index (χ1n) is 8.98. The molecule has 10 heteroatoms. The van der Waals surface area contributed by atoms with Crippen LogP contribution in [0.15, 0.2) is 18.3 Å². The Hall–Kier alpha value is -2.42. The van der Waals surface area contributed by atoms with Gasteiger partial charge in [0.2, 0.25) is 0 Å². The second-order valence-corrected chi connectivity index (χ2v) is 8.38. The lowest BCUT2D eigenvalue weighted by molar-refractivity contribution is 0.0257. The van der Waals surface area contributed by atoms with Crippen LogP contribution in [0, 0.1) is 0 Å². The third kappa shape index (κ3) is 3.50. The van der Waals surface area contributed by atoms with Crippen molar-refractivity contribution in [2.24, 2.45) is 0 Å².